The van der Waals surface area contributed by atoms with E-state index in [1.807, 2.05) is 42.5 Å². The van der Waals surface area contributed by atoms with Gasteiger partial charge in [-0.3, -0.25) is 4.79 Å². The molecule has 0 radical (unpaired) electrons. The molecule has 0 atom stereocenters. The van der Waals surface area contributed by atoms with Crippen molar-refractivity contribution < 1.29 is 19.0 Å². The fourth-order valence-corrected chi connectivity index (χ4v) is 3.06. The molecule has 0 fully saturated rings. The van der Waals surface area contributed by atoms with Gasteiger partial charge in [0.2, 0.25) is 5.91 Å². The lowest BCUT2D eigenvalue weighted by atomic mass is 10.1. The van der Waals surface area contributed by atoms with E-state index in [1.165, 1.54) is 0 Å². The number of rotatable bonds is 12. The van der Waals surface area contributed by atoms with Crippen LogP contribution in [0.2, 0.25) is 0 Å². The van der Waals surface area contributed by atoms with Gasteiger partial charge in [-0.2, -0.15) is 0 Å². The molecule has 2 aromatic rings. The fourth-order valence-electron chi connectivity index (χ4n) is 3.06. The quantitative estimate of drug-likeness (QED) is 0.584. The highest BCUT2D eigenvalue weighted by molar-refractivity contribution is 5.92. The van der Waals surface area contributed by atoms with Gasteiger partial charge in [0.25, 0.3) is 0 Å². The maximum Gasteiger partial charge on any atom is 0.224 e. The second-order valence-corrected chi connectivity index (χ2v) is 6.60. The molecule has 0 aliphatic rings. The van der Waals surface area contributed by atoms with Crippen molar-refractivity contribution in [3.8, 4) is 17.2 Å². The van der Waals surface area contributed by atoms with Crippen LogP contribution in [0, 0.1) is 0 Å². The third-order valence-corrected chi connectivity index (χ3v) is 4.83. The average molecular weight is 401 g/mol. The smallest absolute Gasteiger partial charge is 0.224 e. The number of hydrogen-bond acceptors (Lipinski definition) is 5. The fraction of sp³-hybridized carbons (Fsp3) is 0.435. The summed E-state index contributed by atoms with van der Waals surface area (Å²) in [4.78, 5) is 14.8. The molecule has 0 bridgehead atoms. The van der Waals surface area contributed by atoms with E-state index < -0.39 is 0 Å². The maximum absolute atomic E-state index is 12.5. The van der Waals surface area contributed by atoms with Gasteiger partial charge in [-0.05, 0) is 55.4 Å². The Morgan fingerprint density at radius 3 is 2.45 bits per heavy atom. The van der Waals surface area contributed by atoms with Gasteiger partial charge in [0, 0.05) is 13.0 Å². The van der Waals surface area contributed by atoms with E-state index in [0.717, 1.165) is 36.7 Å². The lowest BCUT2D eigenvalue weighted by Gasteiger charge is -2.19. The minimum absolute atomic E-state index is 0.0744. The zero-order valence-corrected chi connectivity index (χ0v) is 17.9. The Hall–Kier alpha value is -2.73. The summed E-state index contributed by atoms with van der Waals surface area (Å²) in [5.74, 6) is 2.11. The third kappa shape index (κ3) is 6.98. The number of hydrogen-bond donors (Lipinski definition) is 1. The number of likely N-dealkylation sites (N-methyl/N-ethyl adjacent to an activating group) is 1. The van der Waals surface area contributed by atoms with Crippen LogP contribution in [0.5, 0.6) is 17.2 Å². The van der Waals surface area contributed by atoms with Crippen molar-refractivity contribution in [2.45, 2.75) is 26.7 Å². The Kier molecular flexibility index (Phi) is 9.31. The summed E-state index contributed by atoms with van der Waals surface area (Å²) in [5.41, 5.74) is 1.63. The largest absolute Gasteiger partial charge is 0.497 e. The summed E-state index contributed by atoms with van der Waals surface area (Å²) in [5, 5.41) is 2.96. The molecule has 0 aliphatic heterocycles. The summed E-state index contributed by atoms with van der Waals surface area (Å²) in [6, 6.07) is 13.1. The van der Waals surface area contributed by atoms with E-state index in [4.69, 9.17) is 14.2 Å². The molecule has 2 rings (SSSR count). The van der Waals surface area contributed by atoms with E-state index in [0.29, 0.717) is 30.9 Å². The van der Waals surface area contributed by atoms with Crippen LogP contribution < -0.4 is 19.5 Å². The first-order chi connectivity index (χ1) is 14.1. The van der Waals surface area contributed by atoms with Crippen LogP contribution in [0.4, 0.5) is 5.69 Å². The number of anilines is 1. The molecule has 0 aromatic heterocycles. The standard InChI is InChI=1S/C23H32N2O4/c1-5-25(6-2)15-16-29-22-10-8-7-9-20(22)24-23(26)14-11-18-17-19(27-3)12-13-21(18)28-4/h7-10,12-13,17H,5-6,11,14-16H2,1-4H3,(H,24,26). The molecule has 29 heavy (non-hydrogen) atoms. The lowest BCUT2D eigenvalue weighted by Crippen LogP contribution is -2.28. The predicted molar refractivity (Wildman–Crippen MR) is 116 cm³/mol. The number of para-hydroxylation sites is 2. The molecule has 2 aromatic carbocycles. The first kappa shape index (κ1) is 22.6. The van der Waals surface area contributed by atoms with Crippen molar-refractivity contribution in [3.63, 3.8) is 0 Å². The number of carbonyl (C=O) groups is 1. The Morgan fingerprint density at radius 2 is 1.76 bits per heavy atom. The third-order valence-electron chi connectivity index (χ3n) is 4.83. The number of amides is 1. The molecule has 0 aliphatic carbocycles. The number of aryl methyl sites for hydroxylation is 1. The highest BCUT2D eigenvalue weighted by Gasteiger charge is 2.11. The SMILES string of the molecule is CCN(CC)CCOc1ccccc1NC(=O)CCc1cc(OC)ccc1OC. The summed E-state index contributed by atoms with van der Waals surface area (Å²) < 4.78 is 16.6. The second kappa shape index (κ2) is 12.0. The van der Waals surface area contributed by atoms with Crippen molar-refractivity contribution >= 4 is 11.6 Å². The van der Waals surface area contributed by atoms with Gasteiger partial charge in [-0.1, -0.05) is 26.0 Å². The highest BCUT2D eigenvalue weighted by atomic mass is 16.5. The number of methoxy groups -OCH3 is 2. The van der Waals surface area contributed by atoms with Crippen molar-refractivity contribution in [2.75, 3.05) is 45.8 Å². The summed E-state index contributed by atoms with van der Waals surface area (Å²) >= 11 is 0. The van der Waals surface area contributed by atoms with Crippen LogP contribution in [0.1, 0.15) is 25.8 Å². The molecule has 0 spiro atoms. The monoisotopic (exact) mass is 400 g/mol. The molecule has 0 unspecified atom stereocenters. The van der Waals surface area contributed by atoms with Gasteiger partial charge in [-0.15, -0.1) is 0 Å². The van der Waals surface area contributed by atoms with E-state index in [2.05, 4.69) is 24.1 Å². The number of benzene rings is 2. The number of nitrogens with one attached hydrogen (secondary N) is 1. The molecular formula is C23H32N2O4. The van der Waals surface area contributed by atoms with Crippen LogP contribution in [0.15, 0.2) is 42.5 Å². The highest BCUT2D eigenvalue weighted by Crippen LogP contribution is 2.26. The van der Waals surface area contributed by atoms with Gasteiger partial charge < -0.3 is 24.4 Å². The topological polar surface area (TPSA) is 60.0 Å². The minimum Gasteiger partial charge on any atom is -0.497 e. The van der Waals surface area contributed by atoms with E-state index in [-0.39, 0.29) is 5.91 Å². The van der Waals surface area contributed by atoms with Gasteiger partial charge in [0.1, 0.15) is 23.9 Å². The first-order valence-electron chi connectivity index (χ1n) is 10.1. The van der Waals surface area contributed by atoms with Crippen LogP contribution in [0.25, 0.3) is 0 Å². The van der Waals surface area contributed by atoms with E-state index in [1.54, 1.807) is 14.2 Å². The van der Waals surface area contributed by atoms with Crippen LogP contribution >= 0.6 is 0 Å². The minimum atomic E-state index is -0.0744. The summed E-state index contributed by atoms with van der Waals surface area (Å²) in [6.45, 7) is 7.68. The molecule has 0 saturated heterocycles. The van der Waals surface area contributed by atoms with Crippen molar-refractivity contribution in [2.24, 2.45) is 0 Å². The number of nitrogens with zero attached hydrogens (tertiary/aromatic N) is 1. The van der Waals surface area contributed by atoms with Crippen molar-refractivity contribution in [1.82, 2.24) is 4.90 Å². The zero-order chi connectivity index (χ0) is 21.1. The van der Waals surface area contributed by atoms with Gasteiger partial charge in [0.05, 0.1) is 19.9 Å². The number of ether oxygens (including phenoxy) is 3. The molecule has 158 valence electrons. The molecule has 6 heteroatoms. The van der Waals surface area contributed by atoms with E-state index in [9.17, 15) is 4.79 Å². The van der Waals surface area contributed by atoms with Crippen LogP contribution in [-0.2, 0) is 11.2 Å². The zero-order valence-electron chi connectivity index (χ0n) is 17.9. The molecule has 0 heterocycles. The normalized spacial score (nSPS) is 10.7. The molecular weight excluding hydrogens is 368 g/mol. The Balaban J connectivity index is 1.94. The predicted octanol–water partition coefficient (Wildman–Crippen LogP) is 4.00. The Labute approximate surface area is 173 Å². The number of carbonyl (C=O) groups excluding carboxylic acids is 1. The van der Waals surface area contributed by atoms with Crippen molar-refractivity contribution in [1.29, 1.82) is 0 Å². The Bertz CT molecular complexity index is 775. The van der Waals surface area contributed by atoms with E-state index >= 15 is 0 Å². The molecule has 1 amide bonds. The Morgan fingerprint density at radius 1 is 1.00 bits per heavy atom. The molecule has 6 nitrogen and oxygen atoms in total. The van der Waals surface area contributed by atoms with Gasteiger partial charge in [0.15, 0.2) is 0 Å². The first-order valence-corrected chi connectivity index (χ1v) is 10.1. The van der Waals surface area contributed by atoms with Crippen LogP contribution in [0.3, 0.4) is 0 Å². The molecule has 1 N–H and O–H groups in total. The maximum atomic E-state index is 12.5. The second-order valence-electron chi connectivity index (χ2n) is 6.60. The lowest BCUT2D eigenvalue weighted by molar-refractivity contribution is -0.116. The summed E-state index contributed by atoms with van der Waals surface area (Å²) in [7, 11) is 3.24. The average Bonchev–Trinajstić information content (AvgIpc) is 2.76. The molecule has 0 saturated carbocycles. The summed E-state index contributed by atoms with van der Waals surface area (Å²) in [6.07, 6.45) is 0.883. The van der Waals surface area contributed by atoms with Gasteiger partial charge >= 0.3 is 0 Å². The van der Waals surface area contributed by atoms with Gasteiger partial charge in [-0.25, -0.2) is 0 Å². The van der Waals surface area contributed by atoms with Crippen molar-refractivity contribution in [3.05, 3.63) is 48.0 Å². The van der Waals surface area contributed by atoms with Crippen LogP contribution in [-0.4, -0.2) is 51.3 Å².